The third-order valence-electron chi connectivity index (χ3n) is 2.04. The van der Waals surface area contributed by atoms with Gasteiger partial charge < -0.3 is 0 Å². The van der Waals surface area contributed by atoms with E-state index < -0.39 is 0 Å². The fraction of sp³-hybridized carbons (Fsp3) is 0.200. The summed E-state index contributed by atoms with van der Waals surface area (Å²) in [6.45, 7) is 2.14. The van der Waals surface area contributed by atoms with E-state index in [1.165, 1.54) is 24.1 Å². The van der Waals surface area contributed by atoms with Gasteiger partial charge in [0.2, 0.25) is 0 Å². The predicted octanol–water partition coefficient (Wildman–Crippen LogP) is 4.55. The van der Waals surface area contributed by atoms with Crippen molar-refractivity contribution in [1.29, 1.82) is 0 Å². The molecular formula is C10H8ClIS. The molecule has 0 saturated carbocycles. The summed E-state index contributed by atoms with van der Waals surface area (Å²) in [6, 6.07) is 6.52. The average Bonchev–Trinajstić information content (AvgIpc) is 2.56. The van der Waals surface area contributed by atoms with E-state index in [2.05, 4.69) is 47.7 Å². The van der Waals surface area contributed by atoms with E-state index in [0.29, 0.717) is 5.88 Å². The highest BCUT2D eigenvalue weighted by molar-refractivity contribution is 14.1. The summed E-state index contributed by atoms with van der Waals surface area (Å²) in [6.07, 6.45) is 0. The molecule has 0 aliphatic rings. The summed E-state index contributed by atoms with van der Waals surface area (Å²) >= 11 is 9.98. The van der Waals surface area contributed by atoms with E-state index in [-0.39, 0.29) is 0 Å². The minimum Gasteiger partial charge on any atom is -0.138 e. The number of hydrogen-bond acceptors (Lipinski definition) is 1. The molecule has 0 fully saturated rings. The van der Waals surface area contributed by atoms with Crippen LogP contribution in [-0.4, -0.2) is 0 Å². The molecule has 0 nitrogen and oxygen atoms in total. The highest BCUT2D eigenvalue weighted by atomic mass is 127. The van der Waals surface area contributed by atoms with Crippen molar-refractivity contribution in [3.8, 4) is 0 Å². The first-order chi connectivity index (χ1) is 6.22. The van der Waals surface area contributed by atoms with Crippen LogP contribution in [0.1, 0.15) is 10.4 Å². The van der Waals surface area contributed by atoms with E-state index in [1.807, 2.05) is 0 Å². The second-order valence-corrected chi connectivity index (χ2v) is 5.52. The first-order valence-electron chi connectivity index (χ1n) is 3.96. The molecule has 1 heterocycles. The zero-order valence-corrected chi connectivity index (χ0v) is 10.8. The molecule has 68 valence electrons. The first kappa shape index (κ1) is 9.74. The highest BCUT2D eigenvalue weighted by Gasteiger charge is 2.05. The third kappa shape index (κ3) is 1.72. The molecule has 0 unspecified atom stereocenters. The minimum atomic E-state index is 0.620. The van der Waals surface area contributed by atoms with Crippen LogP contribution in [0, 0.1) is 10.5 Å². The topological polar surface area (TPSA) is 0 Å². The van der Waals surface area contributed by atoms with Crippen molar-refractivity contribution in [3.05, 3.63) is 32.2 Å². The number of rotatable bonds is 1. The molecule has 0 aliphatic heterocycles. The first-order valence-corrected chi connectivity index (χ1v) is 6.39. The van der Waals surface area contributed by atoms with Crippen LogP contribution in [0.4, 0.5) is 0 Å². The summed E-state index contributed by atoms with van der Waals surface area (Å²) in [7, 11) is 0. The Labute approximate surface area is 100 Å². The van der Waals surface area contributed by atoms with Gasteiger partial charge in [0.15, 0.2) is 0 Å². The van der Waals surface area contributed by atoms with Crippen LogP contribution in [0.5, 0.6) is 0 Å². The van der Waals surface area contributed by atoms with Crippen molar-refractivity contribution >= 4 is 55.6 Å². The van der Waals surface area contributed by atoms with Crippen LogP contribution >= 0.6 is 45.5 Å². The van der Waals surface area contributed by atoms with Crippen LogP contribution in [0.3, 0.4) is 0 Å². The molecule has 2 aromatic rings. The smallest absolute Gasteiger partial charge is 0.0568 e. The van der Waals surface area contributed by atoms with Crippen LogP contribution in [0.15, 0.2) is 18.2 Å². The summed E-state index contributed by atoms with van der Waals surface area (Å²) in [4.78, 5) is 1.25. The zero-order valence-electron chi connectivity index (χ0n) is 7.10. The molecule has 0 spiro atoms. The Balaban J connectivity index is 2.80. The number of thiophene rings is 1. The molecule has 0 N–H and O–H groups in total. The summed E-state index contributed by atoms with van der Waals surface area (Å²) in [5.41, 5.74) is 1.34. The van der Waals surface area contributed by atoms with Gasteiger partial charge in [-0.05, 0) is 52.6 Å². The molecule has 3 heteroatoms. The predicted molar refractivity (Wildman–Crippen MR) is 68.8 cm³/mol. The van der Waals surface area contributed by atoms with Crippen LogP contribution in [-0.2, 0) is 5.88 Å². The summed E-state index contributed by atoms with van der Waals surface area (Å²) < 4.78 is 2.69. The molecule has 0 bridgehead atoms. The molecule has 0 atom stereocenters. The Morgan fingerprint density at radius 2 is 2.23 bits per heavy atom. The number of halogens is 2. The average molecular weight is 323 g/mol. The quantitative estimate of drug-likeness (QED) is 0.533. The van der Waals surface area contributed by atoms with E-state index in [0.717, 1.165) is 0 Å². The van der Waals surface area contributed by atoms with E-state index in [9.17, 15) is 0 Å². The van der Waals surface area contributed by atoms with Crippen molar-refractivity contribution < 1.29 is 0 Å². The molecule has 1 aromatic carbocycles. The van der Waals surface area contributed by atoms with E-state index in [4.69, 9.17) is 11.6 Å². The molecule has 2 rings (SSSR count). The SMILES string of the molecule is Cc1ccc(I)c2sc(CCl)cc12. The minimum absolute atomic E-state index is 0.620. The van der Waals surface area contributed by atoms with Crippen molar-refractivity contribution in [3.63, 3.8) is 0 Å². The molecule has 0 amide bonds. The maximum atomic E-state index is 5.81. The second-order valence-electron chi connectivity index (χ2n) is 2.95. The van der Waals surface area contributed by atoms with Gasteiger partial charge in [0.25, 0.3) is 0 Å². The molecular weight excluding hydrogens is 315 g/mol. The monoisotopic (exact) mass is 322 g/mol. The zero-order chi connectivity index (χ0) is 9.42. The van der Waals surface area contributed by atoms with Crippen molar-refractivity contribution in [2.24, 2.45) is 0 Å². The molecule has 0 radical (unpaired) electrons. The summed E-state index contributed by atoms with van der Waals surface area (Å²) in [5, 5.41) is 1.35. The van der Waals surface area contributed by atoms with Gasteiger partial charge in [0, 0.05) is 13.1 Å². The number of benzene rings is 1. The molecule has 1 aromatic heterocycles. The Kier molecular flexibility index (Phi) is 2.81. The van der Waals surface area contributed by atoms with Gasteiger partial charge in [0.05, 0.1) is 5.88 Å². The highest BCUT2D eigenvalue weighted by Crippen LogP contribution is 2.32. The van der Waals surface area contributed by atoms with Crippen LogP contribution in [0.2, 0.25) is 0 Å². The lowest BCUT2D eigenvalue weighted by Crippen LogP contribution is -1.75. The Hall–Kier alpha value is 0.200. The third-order valence-corrected chi connectivity index (χ3v) is 4.92. The van der Waals surface area contributed by atoms with E-state index in [1.54, 1.807) is 11.3 Å². The standard InChI is InChI=1S/C10H8ClIS/c1-6-2-3-9(12)10-8(6)4-7(5-11)13-10/h2-4H,5H2,1H3. The van der Waals surface area contributed by atoms with Crippen LogP contribution in [0.25, 0.3) is 10.1 Å². The van der Waals surface area contributed by atoms with Gasteiger partial charge >= 0.3 is 0 Å². The van der Waals surface area contributed by atoms with Gasteiger partial charge in [-0.15, -0.1) is 22.9 Å². The van der Waals surface area contributed by atoms with Gasteiger partial charge in [-0.3, -0.25) is 0 Å². The van der Waals surface area contributed by atoms with Crippen molar-refractivity contribution in [1.82, 2.24) is 0 Å². The Morgan fingerprint density at radius 3 is 2.85 bits per heavy atom. The largest absolute Gasteiger partial charge is 0.138 e. The number of hydrogen-bond donors (Lipinski definition) is 0. The molecule has 13 heavy (non-hydrogen) atoms. The number of fused-ring (bicyclic) bond motifs is 1. The second kappa shape index (κ2) is 3.75. The summed E-state index contributed by atoms with van der Waals surface area (Å²) in [5.74, 6) is 0.620. The Morgan fingerprint density at radius 1 is 1.46 bits per heavy atom. The number of alkyl halides is 1. The van der Waals surface area contributed by atoms with Crippen LogP contribution < -0.4 is 0 Å². The van der Waals surface area contributed by atoms with Crippen molar-refractivity contribution in [2.45, 2.75) is 12.8 Å². The molecule has 0 aliphatic carbocycles. The normalized spacial score (nSPS) is 11.0. The van der Waals surface area contributed by atoms with Gasteiger partial charge in [-0.1, -0.05) is 6.07 Å². The fourth-order valence-corrected chi connectivity index (χ4v) is 3.37. The van der Waals surface area contributed by atoms with Gasteiger partial charge in [-0.25, -0.2) is 0 Å². The maximum Gasteiger partial charge on any atom is 0.0568 e. The van der Waals surface area contributed by atoms with E-state index >= 15 is 0 Å². The Bertz CT molecular complexity index is 408. The molecule has 0 saturated heterocycles. The fourth-order valence-electron chi connectivity index (χ4n) is 1.34. The van der Waals surface area contributed by atoms with Gasteiger partial charge in [-0.2, -0.15) is 0 Å². The number of aryl methyl sites for hydroxylation is 1. The lowest BCUT2D eigenvalue weighted by Gasteiger charge is -1.96. The van der Waals surface area contributed by atoms with Crippen molar-refractivity contribution in [2.75, 3.05) is 0 Å². The lowest BCUT2D eigenvalue weighted by atomic mass is 10.1. The lowest BCUT2D eigenvalue weighted by molar-refractivity contribution is 1.51. The van der Waals surface area contributed by atoms with Gasteiger partial charge in [0.1, 0.15) is 0 Å². The maximum absolute atomic E-state index is 5.81.